The predicted octanol–water partition coefficient (Wildman–Crippen LogP) is 4.00. The van der Waals surface area contributed by atoms with Crippen LogP contribution in [0.5, 0.6) is 5.75 Å². The Morgan fingerprint density at radius 3 is 2.58 bits per heavy atom. The lowest BCUT2D eigenvalue weighted by atomic mass is 10.2. The van der Waals surface area contributed by atoms with Gasteiger partial charge in [0.1, 0.15) is 4.90 Å². The molecule has 0 bridgehead atoms. The van der Waals surface area contributed by atoms with Crippen molar-refractivity contribution < 1.29 is 13.5 Å². The second kappa shape index (κ2) is 6.46. The van der Waals surface area contributed by atoms with Gasteiger partial charge in [-0.25, -0.2) is 8.42 Å². The molecule has 0 saturated heterocycles. The molecule has 6 nitrogen and oxygen atoms in total. The zero-order valence-electron chi connectivity index (χ0n) is 12.0. The topological polar surface area (TPSA) is 95.1 Å². The second-order valence-electron chi connectivity index (χ2n) is 4.87. The molecular weight excluding hydrogens is 418 g/mol. The van der Waals surface area contributed by atoms with Gasteiger partial charge in [-0.15, -0.1) is 0 Å². The summed E-state index contributed by atoms with van der Waals surface area (Å²) in [6.45, 7) is 0. The minimum Gasteiger partial charge on any atom is -0.505 e. The van der Waals surface area contributed by atoms with Gasteiger partial charge in [-0.1, -0.05) is 57.9 Å². The number of nitrogens with one attached hydrogen (secondary N) is 2. The number of hydrogen-bond donors (Lipinski definition) is 3. The highest BCUT2D eigenvalue weighted by Crippen LogP contribution is 2.35. The highest BCUT2D eigenvalue weighted by Gasteiger charge is 2.22. The van der Waals surface area contributed by atoms with Crippen LogP contribution < -0.4 is 4.72 Å². The number of aromatic amines is 1. The number of benzene rings is 2. The van der Waals surface area contributed by atoms with Crippen molar-refractivity contribution in [1.29, 1.82) is 0 Å². The fraction of sp³-hybridized carbons (Fsp3) is 0. The summed E-state index contributed by atoms with van der Waals surface area (Å²) in [6.07, 6.45) is 0. The van der Waals surface area contributed by atoms with Crippen molar-refractivity contribution in [2.45, 2.75) is 4.90 Å². The quantitative estimate of drug-likeness (QED) is 0.585. The molecule has 0 fully saturated rings. The third-order valence-corrected chi connectivity index (χ3v) is 5.30. The summed E-state index contributed by atoms with van der Waals surface area (Å²) in [5, 5.41) is 16.5. The third kappa shape index (κ3) is 3.40. The van der Waals surface area contributed by atoms with Crippen molar-refractivity contribution in [1.82, 2.24) is 10.2 Å². The number of halogens is 2. The molecule has 0 saturated carbocycles. The largest absolute Gasteiger partial charge is 0.505 e. The maximum absolute atomic E-state index is 12.5. The molecular formula is C15H11BrClN3O3S. The molecule has 124 valence electrons. The van der Waals surface area contributed by atoms with Crippen molar-refractivity contribution in [3.63, 3.8) is 0 Å². The minimum atomic E-state index is -4.05. The summed E-state index contributed by atoms with van der Waals surface area (Å²) >= 11 is 8.97. The first-order valence-corrected chi connectivity index (χ1v) is 9.34. The molecule has 0 aliphatic rings. The van der Waals surface area contributed by atoms with Crippen molar-refractivity contribution in [2.75, 3.05) is 4.72 Å². The fourth-order valence-corrected chi connectivity index (χ4v) is 4.23. The van der Waals surface area contributed by atoms with Gasteiger partial charge in [0, 0.05) is 10.5 Å². The number of rotatable bonds is 4. The van der Waals surface area contributed by atoms with Gasteiger partial charge in [0.05, 0.1) is 10.7 Å². The molecule has 0 unspecified atom stereocenters. The Kier molecular flexibility index (Phi) is 4.53. The third-order valence-electron chi connectivity index (χ3n) is 3.18. The number of phenols is 1. The molecule has 1 aromatic heterocycles. The molecule has 3 N–H and O–H groups in total. The first-order valence-electron chi connectivity index (χ1n) is 6.68. The lowest BCUT2D eigenvalue weighted by molar-refractivity contribution is 0.459. The normalized spacial score (nSPS) is 11.4. The summed E-state index contributed by atoms with van der Waals surface area (Å²) in [4.78, 5) is -0.342. The summed E-state index contributed by atoms with van der Waals surface area (Å²) < 4.78 is 27.7. The maximum atomic E-state index is 12.5. The van der Waals surface area contributed by atoms with E-state index >= 15 is 0 Å². The molecule has 0 radical (unpaired) electrons. The highest BCUT2D eigenvalue weighted by atomic mass is 79.9. The Morgan fingerprint density at radius 1 is 1.17 bits per heavy atom. The average molecular weight is 429 g/mol. The van der Waals surface area contributed by atoms with E-state index in [0.717, 1.165) is 5.56 Å². The second-order valence-corrected chi connectivity index (χ2v) is 7.85. The van der Waals surface area contributed by atoms with Crippen molar-refractivity contribution in [3.8, 4) is 17.0 Å². The van der Waals surface area contributed by atoms with Crippen LogP contribution in [0.4, 0.5) is 5.82 Å². The van der Waals surface area contributed by atoms with E-state index in [1.807, 2.05) is 30.3 Å². The lowest BCUT2D eigenvalue weighted by Crippen LogP contribution is -2.13. The van der Waals surface area contributed by atoms with Crippen LogP contribution in [0.3, 0.4) is 0 Å². The smallest absolute Gasteiger partial charge is 0.266 e. The number of nitrogens with zero attached hydrogens (tertiary/aromatic N) is 1. The van der Waals surface area contributed by atoms with E-state index in [9.17, 15) is 13.5 Å². The number of aromatic nitrogens is 2. The maximum Gasteiger partial charge on any atom is 0.266 e. The molecule has 2 aromatic carbocycles. The number of anilines is 1. The average Bonchev–Trinajstić information content (AvgIpc) is 2.99. The first kappa shape index (κ1) is 16.8. The number of H-pyrrole nitrogens is 1. The molecule has 24 heavy (non-hydrogen) atoms. The van der Waals surface area contributed by atoms with Crippen LogP contribution in [0.15, 0.2) is 57.9 Å². The van der Waals surface area contributed by atoms with Crippen LogP contribution in [-0.2, 0) is 10.0 Å². The summed E-state index contributed by atoms with van der Waals surface area (Å²) in [7, 11) is -4.05. The van der Waals surface area contributed by atoms with E-state index in [-0.39, 0.29) is 15.7 Å². The molecule has 0 spiro atoms. The molecule has 0 atom stereocenters. The Labute approximate surface area is 151 Å². The number of aromatic hydroxyl groups is 1. The van der Waals surface area contributed by atoms with E-state index in [2.05, 4.69) is 30.8 Å². The Morgan fingerprint density at radius 2 is 1.88 bits per heavy atom. The zero-order chi connectivity index (χ0) is 17.3. The van der Waals surface area contributed by atoms with E-state index in [4.69, 9.17) is 11.6 Å². The lowest BCUT2D eigenvalue weighted by Gasteiger charge is -2.09. The standard InChI is InChI=1S/C15H11BrClN3O3S/c16-10-6-11(17)15(21)13(7-10)24(22,23)20-14-8-12(18-19-14)9-4-2-1-3-5-9/h1-8,21H,(H2,18,19,20). The van der Waals surface area contributed by atoms with Crippen LogP contribution in [0, 0.1) is 0 Å². The van der Waals surface area contributed by atoms with Gasteiger partial charge in [-0.05, 0) is 17.7 Å². The number of phenolic OH excluding ortho intramolecular Hbond substituents is 1. The van der Waals surface area contributed by atoms with Crippen LogP contribution in [0.1, 0.15) is 0 Å². The molecule has 9 heteroatoms. The van der Waals surface area contributed by atoms with Crippen molar-refractivity contribution >= 4 is 43.4 Å². The van der Waals surface area contributed by atoms with E-state index < -0.39 is 15.8 Å². The van der Waals surface area contributed by atoms with Gasteiger partial charge in [-0.3, -0.25) is 9.82 Å². The molecule has 1 heterocycles. The van der Waals surface area contributed by atoms with E-state index in [1.165, 1.54) is 12.1 Å². The highest BCUT2D eigenvalue weighted by molar-refractivity contribution is 9.10. The molecule has 0 aliphatic carbocycles. The van der Waals surface area contributed by atoms with Crippen molar-refractivity contribution in [3.05, 3.63) is 58.0 Å². The SMILES string of the molecule is O=S(=O)(Nc1cc(-c2ccccc2)[nH]n1)c1cc(Br)cc(Cl)c1O. The van der Waals surface area contributed by atoms with E-state index in [1.54, 1.807) is 6.07 Å². The number of sulfonamides is 1. The molecule has 3 aromatic rings. The van der Waals surface area contributed by atoms with Crippen LogP contribution >= 0.6 is 27.5 Å². The van der Waals surface area contributed by atoms with Crippen LogP contribution in [-0.4, -0.2) is 23.7 Å². The molecule has 0 aliphatic heterocycles. The Bertz CT molecular complexity index is 990. The first-order chi connectivity index (χ1) is 11.4. The van der Waals surface area contributed by atoms with Gasteiger partial charge in [-0.2, -0.15) is 5.10 Å². The number of hydrogen-bond acceptors (Lipinski definition) is 4. The fourth-order valence-electron chi connectivity index (χ4n) is 2.08. The summed E-state index contributed by atoms with van der Waals surface area (Å²) in [6, 6.07) is 13.6. The Hall–Kier alpha value is -2.03. The molecule has 3 rings (SSSR count). The van der Waals surface area contributed by atoms with Gasteiger partial charge < -0.3 is 5.11 Å². The van der Waals surface area contributed by atoms with E-state index in [0.29, 0.717) is 10.2 Å². The van der Waals surface area contributed by atoms with Gasteiger partial charge >= 0.3 is 0 Å². The minimum absolute atomic E-state index is 0.0725. The van der Waals surface area contributed by atoms with Gasteiger partial charge in [0.15, 0.2) is 11.6 Å². The van der Waals surface area contributed by atoms with Crippen LogP contribution in [0.2, 0.25) is 5.02 Å². The van der Waals surface area contributed by atoms with Crippen molar-refractivity contribution in [2.24, 2.45) is 0 Å². The summed E-state index contributed by atoms with van der Waals surface area (Å²) in [5.41, 5.74) is 1.52. The molecule has 0 amide bonds. The van der Waals surface area contributed by atoms with Gasteiger partial charge in [0.2, 0.25) is 0 Å². The monoisotopic (exact) mass is 427 g/mol. The van der Waals surface area contributed by atoms with Crippen LogP contribution in [0.25, 0.3) is 11.3 Å². The predicted molar refractivity (Wildman–Crippen MR) is 95.6 cm³/mol. The zero-order valence-corrected chi connectivity index (χ0v) is 15.2. The van der Waals surface area contributed by atoms with Gasteiger partial charge in [0.25, 0.3) is 10.0 Å². The Balaban J connectivity index is 1.93. The summed E-state index contributed by atoms with van der Waals surface area (Å²) in [5.74, 6) is -0.421.